The van der Waals surface area contributed by atoms with Gasteiger partial charge >= 0.3 is 0 Å². The summed E-state index contributed by atoms with van der Waals surface area (Å²) in [5.74, 6) is 5.17. The normalized spacial score (nSPS) is 9.89. The largest absolute Gasteiger partial charge is 0.396 e. The summed E-state index contributed by atoms with van der Waals surface area (Å²) in [7, 11) is 0. The van der Waals surface area contributed by atoms with Gasteiger partial charge in [0, 0.05) is 13.0 Å². The summed E-state index contributed by atoms with van der Waals surface area (Å²) in [6.07, 6.45) is 2.08. The van der Waals surface area contributed by atoms with Crippen LogP contribution in [0.25, 0.3) is 0 Å². The molecule has 0 unspecified atom stereocenters. The Bertz CT molecular complexity index is 184. The Morgan fingerprint density at radius 2 is 2.56 bits per heavy atom. The Morgan fingerprint density at radius 3 is 3.00 bits per heavy atom. The number of aliphatic hydroxyl groups excluding tert-OH is 1. The second kappa shape index (κ2) is 2.45. The molecule has 1 aromatic heterocycles. The Balaban J connectivity index is 2.61. The average molecular weight is 128 g/mol. The highest BCUT2D eigenvalue weighted by atomic mass is 16.3. The topological polar surface area (TPSA) is 77.0 Å². The lowest BCUT2D eigenvalue weighted by Crippen LogP contribution is -2.07. The summed E-state index contributed by atoms with van der Waals surface area (Å²) >= 11 is 0. The van der Waals surface area contributed by atoms with Crippen LogP contribution in [-0.4, -0.2) is 26.8 Å². The minimum Gasteiger partial charge on any atom is -0.396 e. The number of nitrogen functional groups attached to an aromatic ring is 1. The van der Waals surface area contributed by atoms with E-state index in [1.807, 2.05) is 0 Å². The van der Waals surface area contributed by atoms with Crippen LogP contribution in [0, 0.1) is 0 Å². The maximum absolute atomic E-state index is 8.41. The highest BCUT2D eigenvalue weighted by molar-refractivity contribution is 4.91. The molecule has 5 nitrogen and oxygen atoms in total. The molecule has 0 aliphatic carbocycles. The third-order valence-corrected chi connectivity index (χ3v) is 0.926. The van der Waals surface area contributed by atoms with E-state index in [-0.39, 0.29) is 6.61 Å². The fraction of sp³-hybridized carbons (Fsp3) is 0.500. The van der Waals surface area contributed by atoms with Crippen LogP contribution < -0.4 is 5.84 Å². The monoisotopic (exact) mass is 128 g/mol. The molecule has 1 rings (SSSR count). The second-order valence-electron chi connectivity index (χ2n) is 1.66. The lowest BCUT2D eigenvalue weighted by atomic mass is 10.4. The zero-order valence-corrected chi connectivity index (χ0v) is 4.86. The zero-order chi connectivity index (χ0) is 6.69. The Kier molecular flexibility index (Phi) is 1.64. The maximum Gasteiger partial charge on any atom is 0.0872 e. The molecule has 0 aliphatic heterocycles. The first-order chi connectivity index (χ1) is 4.33. The standard InChI is InChI=1S/C4H8N4O/c5-8-3-4(1-2-9)6-7-8/h3,9H,1-2,5H2. The van der Waals surface area contributed by atoms with Gasteiger partial charge in [0.15, 0.2) is 0 Å². The van der Waals surface area contributed by atoms with Crippen LogP contribution in [0.1, 0.15) is 5.69 Å². The SMILES string of the molecule is Nn1cc(CCO)nn1. The zero-order valence-electron chi connectivity index (χ0n) is 4.86. The van der Waals surface area contributed by atoms with E-state index >= 15 is 0 Å². The van der Waals surface area contributed by atoms with Gasteiger partial charge in [0.1, 0.15) is 0 Å². The predicted molar refractivity (Wildman–Crippen MR) is 31.0 cm³/mol. The van der Waals surface area contributed by atoms with Gasteiger partial charge in [0.2, 0.25) is 0 Å². The van der Waals surface area contributed by atoms with Gasteiger partial charge in [-0.1, -0.05) is 0 Å². The minimum absolute atomic E-state index is 0.0820. The number of nitrogens with two attached hydrogens (primary N) is 1. The fourth-order valence-corrected chi connectivity index (χ4v) is 0.543. The van der Waals surface area contributed by atoms with Crippen molar-refractivity contribution in [3.63, 3.8) is 0 Å². The van der Waals surface area contributed by atoms with Crippen molar-refractivity contribution in [3.05, 3.63) is 11.9 Å². The van der Waals surface area contributed by atoms with E-state index in [4.69, 9.17) is 10.9 Å². The first-order valence-electron chi connectivity index (χ1n) is 2.60. The molecule has 0 fully saturated rings. The molecule has 0 amide bonds. The molecule has 50 valence electrons. The van der Waals surface area contributed by atoms with E-state index in [0.717, 1.165) is 4.79 Å². The fourth-order valence-electron chi connectivity index (χ4n) is 0.543. The summed E-state index contributed by atoms with van der Waals surface area (Å²) in [6.45, 7) is 0.0820. The molecule has 0 saturated carbocycles. The highest BCUT2D eigenvalue weighted by Gasteiger charge is 1.94. The van der Waals surface area contributed by atoms with Gasteiger partial charge in [-0.15, -0.1) is 5.10 Å². The van der Waals surface area contributed by atoms with Crippen molar-refractivity contribution < 1.29 is 5.11 Å². The van der Waals surface area contributed by atoms with E-state index < -0.39 is 0 Å². The third kappa shape index (κ3) is 1.39. The van der Waals surface area contributed by atoms with Crippen molar-refractivity contribution in [1.82, 2.24) is 15.1 Å². The molecule has 3 N–H and O–H groups in total. The predicted octanol–water partition coefficient (Wildman–Crippen LogP) is -1.47. The van der Waals surface area contributed by atoms with Crippen molar-refractivity contribution in [1.29, 1.82) is 0 Å². The quantitative estimate of drug-likeness (QED) is 0.476. The Hall–Kier alpha value is -1.10. The third-order valence-electron chi connectivity index (χ3n) is 0.926. The van der Waals surface area contributed by atoms with E-state index in [1.54, 1.807) is 6.20 Å². The van der Waals surface area contributed by atoms with Gasteiger partial charge < -0.3 is 10.9 Å². The number of hydrogen-bond donors (Lipinski definition) is 2. The molecular weight excluding hydrogens is 120 g/mol. The van der Waals surface area contributed by atoms with Gasteiger partial charge in [-0.2, -0.15) is 4.79 Å². The van der Waals surface area contributed by atoms with Crippen LogP contribution in [-0.2, 0) is 6.42 Å². The van der Waals surface area contributed by atoms with Gasteiger partial charge in [-0.25, -0.2) is 0 Å². The molecule has 0 aromatic carbocycles. The number of aliphatic hydroxyl groups is 1. The van der Waals surface area contributed by atoms with Gasteiger partial charge in [-0.05, 0) is 5.21 Å². The van der Waals surface area contributed by atoms with Crippen LogP contribution in [0.5, 0.6) is 0 Å². The molecule has 1 aromatic rings. The smallest absolute Gasteiger partial charge is 0.0872 e. The summed E-state index contributed by atoms with van der Waals surface area (Å²) < 4.78 is 0. The summed E-state index contributed by atoms with van der Waals surface area (Å²) in [6, 6.07) is 0. The van der Waals surface area contributed by atoms with E-state index in [2.05, 4.69) is 10.3 Å². The molecule has 9 heavy (non-hydrogen) atoms. The molecule has 0 aliphatic rings. The molecule has 0 atom stereocenters. The lowest BCUT2D eigenvalue weighted by molar-refractivity contribution is 0.298. The van der Waals surface area contributed by atoms with Gasteiger partial charge in [0.05, 0.1) is 11.9 Å². The van der Waals surface area contributed by atoms with Crippen molar-refractivity contribution in [3.8, 4) is 0 Å². The van der Waals surface area contributed by atoms with Crippen molar-refractivity contribution in [2.45, 2.75) is 6.42 Å². The lowest BCUT2D eigenvalue weighted by Gasteiger charge is -1.83. The summed E-state index contributed by atoms with van der Waals surface area (Å²) in [4.78, 5) is 1.12. The van der Waals surface area contributed by atoms with Gasteiger partial charge in [0.25, 0.3) is 0 Å². The molecular formula is C4H8N4O. The highest BCUT2D eigenvalue weighted by Crippen LogP contribution is 1.88. The second-order valence-corrected chi connectivity index (χ2v) is 1.66. The average Bonchev–Trinajstić information content (AvgIpc) is 2.17. The first-order valence-corrected chi connectivity index (χ1v) is 2.60. The Labute approximate surface area is 52.1 Å². The van der Waals surface area contributed by atoms with E-state index in [9.17, 15) is 0 Å². The van der Waals surface area contributed by atoms with Crippen LogP contribution in [0.3, 0.4) is 0 Å². The first kappa shape index (κ1) is 6.03. The number of hydrogen-bond acceptors (Lipinski definition) is 4. The molecule has 0 spiro atoms. The molecule has 0 bridgehead atoms. The van der Waals surface area contributed by atoms with Crippen LogP contribution >= 0.6 is 0 Å². The molecule has 0 saturated heterocycles. The van der Waals surface area contributed by atoms with Crippen molar-refractivity contribution in [2.75, 3.05) is 12.4 Å². The van der Waals surface area contributed by atoms with E-state index in [0.29, 0.717) is 12.1 Å². The van der Waals surface area contributed by atoms with Crippen LogP contribution in [0.4, 0.5) is 0 Å². The van der Waals surface area contributed by atoms with Crippen LogP contribution in [0.2, 0.25) is 0 Å². The van der Waals surface area contributed by atoms with Crippen LogP contribution in [0.15, 0.2) is 6.20 Å². The maximum atomic E-state index is 8.41. The minimum atomic E-state index is 0.0820. The number of rotatable bonds is 2. The Morgan fingerprint density at radius 1 is 1.78 bits per heavy atom. The summed E-state index contributed by atoms with van der Waals surface area (Å²) in [5, 5.41) is 15.5. The number of nitrogens with zero attached hydrogens (tertiary/aromatic N) is 3. The van der Waals surface area contributed by atoms with Crippen molar-refractivity contribution >= 4 is 0 Å². The molecule has 0 radical (unpaired) electrons. The molecule has 1 heterocycles. The van der Waals surface area contributed by atoms with E-state index in [1.165, 1.54) is 0 Å². The molecule has 5 heteroatoms. The van der Waals surface area contributed by atoms with Crippen molar-refractivity contribution in [2.24, 2.45) is 0 Å². The number of aromatic nitrogens is 3. The van der Waals surface area contributed by atoms with Gasteiger partial charge in [-0.3, -0.25) is 0 Å². The summed E-state index contributed by atoms with van der Waals surface area (Å²) in [5.41, 5.74) is 0.708.